The van der Waals surface area contributed by atoms with E-state index in [9.17, 15) is 13.2 Å². The van der Waals surface area contributed by atoms with Crippen LogP contribution in [0.15, 0.2) is 59.6 Å². The predicted molar refractivity (Wildman–Crippen MR) is 106 cm³/mol. The number of rotatable bonds is 4. The van der Waals surface area contributed by atoms with E-state index < -0.39 is 10.0 Å². The molecule has 0 fully saturated rings. The van der Waals surface area contributed by atoms with Crippen molar-refractivity contribution in [2.24, 2.45) is 0 Å². The summed E-state index contributed by atoms with van der Waals surface area (Å²) < 4.78 is 28.4. The molecule has 3 rings (SSSR count). The molecular formula is C17H14IN3O3S. The number of nitrogens with zero attached hydrogens (tertiary/aromatic N) is 1. The lowest BCUT2D eigenvalue weighted by atomic mass is 10.1. The Kier molecular flexibility index (Phi) is 4.91. The summed E-state index contributed by atoms with van der Waals surface area (Å²) in [6, 6.07) is 13.5. The molecule has 0 spiro atoms. The lowest BCUT2D eigenvalue weighted by Crippen LogP contribution is -2.13. The predicted octanol–water partition coefficient (Wildman–Crippen LogP) is 3.60. The monoisotopic (exact) mass is 467 g/mol. The third-order valence-electron chi connectivity index (χ3n) is 3.41. The molecule has 0 aliphatic heterocycles. The first kappa shape index (κ1) is 17.6. The van der Waals surface area contributed by atoms with Crippen molar-refractivity contribution in [1.29, 1.82) is 0 Å². The molecule has 8 heteroatoms. The van der Waals surface area contributed by atoms with Crippen LogP contribution in [-0.4, -0.2) is 19.3 Å². The Bertz CT molecular complexity index is 1050. The van der Waals surface area contributed by atoms with Crippen LogP contribution in [0, 0.1) is 3.57 Å². The van der Waals surface area contributed by atoms with Gasteiger partial charge in [-0.05, 0) is 69.8 Å². The molecule has 2 aromatic carbocycles. The van der Waals surface area contributed by atoms with Gasteiger partial charge >= 0.3 is 0 Å². The van der Waals surface area contributed by atoms with Crippen molar-refractivity contribution in [3.8, 4) is 0 Å². The Balaban J connectivity index is 1.92. The maximum Gasteiger partial charge on any atom is 0.263 e. The average Bonchev–Trinajstić information content (AvgIpc) is 2.55. The minimum Gasteiger partial charge on any atom is -0.326 e. The molecule has 0 saturated heterocycles. The molecule has 1 aromatic heterocycles. The summed E-state index contributed by atoms with van der Waals surface area (Å²) in [6.07, 6.45) is 1.59. The number of carbonyl (C=O) groups excluding carboxylic acids is 1. The molecule has 0 bridgehead atoms. The summed E-state index contributed by atoms with van der Waals surface area (Å²) in [5, 5.41) is 4.29. The van der Waals surface area contributed by atoms with Gasteiger partial charge in [0.25, 0.3) is 10.0 Å². The molecule has 0 aliphatic rings. The quantitative estimate of drug-likeness (QED) is 0.575. The number of hydrogen-bond donors (Lipinski definition) is 2. The zero-order valence-corrected chi connectivity index (χ0v) is 16.1. The third kappa shape index (κ3) is 4.26. The van der Waals surface area contributed by atoms with Crippen LogP contribution in [0.2, 0.25) is 0 Å². The average molecular weight is 467 g/mol. The first-order valence-electron chi connectivity index (χ1n) is 7.29. The second-order valence-corrected chi connectivity index (χ2v) is 8.30. The second-order valence-electron chi connectivity index (χ2n) is 5.37. The fourth-order valence-corrected chi connectivity index (χ4v) is 3.67. The molecule has 25 heavy (non-hydrogen) atoms. The lowest BCUT2D eigenvalue weighted by Gasteiger charge is -2.09. The van der Waals surface area contributed by atoms with E-state index in [1.807, 2.05) is 0 Å². The number of benzene rings is 2. The van der Waals surface area contributed by atoms with Crippen molar-refractivity contribution in [3.05, 3.63) is 58.3 Å². The molecule has 1 amide bonds. The number of anilines is 2. The zero-order valence-electron chi connectivity index (χ0n) is 13.2. The molecule has 0 atom stereocenters. The van der Waals surface area contributed by atoms with Gasteiger partial charge in [0.2, 0.25) is 5.91 Å². The molecular weight excluding hydrogens is 453 g/mol. The number of hydrogen-bond acceptors (Lipinski definition) is 4. The van der Waals surface area contributed by atoms with E-state index in [4.69, 9.17) is 0 Å². The van der Waals surface area contributed by atoms with E-state index in [0.717, 1.165) is 14.3 Å². The van der Waals surface area contributed by atoms with Crippen LogP contribution >= 0.6 is 22.6 Å². The van der Waals surface area contributed by atoms with E-state index in [1.165, 1.54) is 13.0 Å². The zero-order chi connectivity index (χ0) is 18.0. The maximum absolute atomic E-state index is 12.5. The van der Waals surface area contributed by atoms with E-state index in [1.54, 1.807) is 48.7 Å². The number of halogens is 1. The molecule has 2 N–H and O–H groups in total. The molecule has 1 heterocycles. The maximum atomic E-state index is 12.5. The first-order chi connectivity index (χ1) is 11.8. The normalized spacial score (nSPS) is 11.3. The van der Waals surface area contributed by atoms with Gasteiger partial charge in [-0.25, -0.2) is 13.4 Å². The van der Waals surface area contributed by atoms with Crippen LogP contribution in [0.1, 0.15) is 6.92 Å². The molecule has 3 aromatic rings. The molecule has 0 unspecified atom stereocenters. The van der Waals surface area contributed by atoms with Gasteiger partial charge in [0.15, 0.2) is 0 Å². The van der Waals surface area contributed by atoms with Crippen molar-refractivity contribution in [3.63, 3.8) is 0 Å². The number of pyridine rings is 1. The number of amides is 1. The van der Waals surface area contributed by atoms with E-state index >= 15 is 0 Å². The first-order valence-corrected chi connectivity index (χ1v) is 9.85. The van der Waals surface area contributed by atoms with Gasteiger partial charge in [-0.1, -0.05) is 12.1 Å². The molecule has 6 nitrogen and oxygen atoms in total. The van der Waals surface area contributed by atoms with Crippen LogP contribution in [0.3, 0.4) is 0 Å². The molecule has 0 aliphatic carbocycles. The highest BCUT2D eigenvalue weighted by molar-refractivity contribution is 14.1. The largest absolute Gasteiger partial charge is 0.326 e. The fraction of sp³-hybridized carbons (Fsp3) is 0.0588. The Morgan fingerprint density at radius 1 is 1.04 bits per heavy atom. The number of nitrogens with one attached hydrogen (secondary N) is 2. The van der Waals surface area contributed by atoms with Crippen molar-refractivity contribution in [2.75, 3.05) is 10.0 Å². The Hall–Kier alpha value is -2.20. The van der Waals surface area contributed by atoms with Gasteiger partial charge in [0.05, 0.1) is 4.90 Å². The highest BCUT2D eigenvalue weighted by atomic mass is 127. The van der Waals surface area contributed by atoms with Crippen molar-refractivity contribution in [2.45, 2.75) is 11.8 Å². The minimum atomic E-state index is -3.73. The smallest absolute Gasteiger partial charge is 0.263 e. The van der Waals surface area contributed by atoms with Gasteiger partial charge in [0, 0.05) is 22.4 Å². The number of carbonyl (C=O) groups is 1. The topological polar surface area (TPSA) is 88.2 Å². The molecule has 0 radical (unpaired) electrons. The number of fused-ring (bicyclic) bond motifs is 1. The van der Waals surface area contributed by atoms with Crippen LogP contribution in [0.4, 0.5) is 11.5 Å². The van der Waals surface area contributed by atoms with Crippen molar-refractivity contribution >= 4 is 60.8 Å². The van der Waals surface area contributed by atoms with Gasteiger partial charge in [-0.3, -0.25) is 9.52 Å². The Labute approximate surface area is 158 Å². The standard InChI is InChI=1S/C17H14IN3O3S/c1-11(22)20-15-5-2-13-9-16(6-3-12(13)8-15)25(23,24)21-17-7-4-14(18)10-19-17/h2-10H,1H3,(H,19,21)(H,20,22). The van der Waals surface area contributed by atoms with Crippen molar-refractivity contribution in [1.82, 2.24) is 4.98 Å². The highest BCUT2D eigenvalue weighted by Crippen LogP contribution is 2.24. The summed E-state index contributed by atoms with van der Waals surface area (Å²) >= 11 is 2.10. The SMILES string of the molecule is CC(=O)Nc1ccc2cc(S(=O)(=O)Nc3ccc(I)cn3)ccc2c1. The lowest BCUT2D eigenvalue weighted by molar-refractivity contribution is -0.114. The van der Waals surface area contributed by atoms with Crippen LogP contribution in [-0.2, 0) is 14.8 Å². The number of aromatic nitrogens is 1. The summed E-state index contributed by atoms with van der Waals surface area (Å²) in [6.45, 7) is 1.43. The summed E-state index contributed by atoms with van der Waals surface area (Å²) in [7, 11) is -3.73. The fourth-order valence-electron chi connectivity index (χ4n) is 2.30. The van der Waals surface area contributed by atoms with Crippen LogP contribution in [0.25, 0.3) is 10.8 Å². The number of sulfonamides is 1. The second kappa shape index (κ2) is 6.96. The van der Waals surface area contributed by atoms with E-state index in [-0.39, 0.29) is 16.6 Å². The summed E-state index contributed by atoms with van der Waals surface area (Å²) in [4.78, 5) is 15.3. The highest BCUT2D eigenvalue weighted by Gasteiger charge is 2.15. The van der Waals surface area contributed by atoms with Gasteiger partial charge in [-0.15, -0.1) is 0 Å². The van der Waals surface area contributed by atoms with Crippen LogP contribution in [0.5, 0.6) is 0 Å². The van der Waals surface area contributed by atoms with Gasteiger partial charge < -0.3 is 5.32 Å². The molecule has 0 saturated carbocycles. The summed E-state index contributed by atoms with van der Waals surface area (Å²) in [5.41, 5.74) is 0.664. The van der Waals surface area contributed by atoms with Gasteiger partial charge in [-0.2, -0.15) is 0 Å². The summed E-state index contributed by atoms with van der Waals surface area (Å²) in [5.74, 6) is 0.106. The Morgan fingerprint density at radius 2 is 1.76 bits per heavy atom. The van der Waals surface area contributed by atoms with E-state index in [0.29, 0.717) is 5.69 Å². The van der Waals surface area contributed by atoms with Crippen molar-refractivity contribution < 1.29 is 13.2 Å². The minimum absolute atomic E-state index is 0.146. The van der Waals surface area contributed by atoms with Gasteiger partial charge in [0.1, 0.15) is 5.82 Å². The van der Waals surface area contributed by atoms with E-state index in [2.05, 4.69) is 37.6 Å². The third-order valence-corrected chi connectivity index (χ3v) is 5.40. The molecule has 128 valence electrons. The van der Waals surface area contributed by atoms with Crippen LogP contribution < -0.4 is 10.0 Å². The Morgan fingerprint density at radius 3 is 2.44 bits per heavy atom.